The van der Waals surface area contributed by atoms with Crippen LogP contribution in [-0.4, -0.2) is 50.8 Å². The van der Waals surface area contributed by atoms with Gasteiger partial charge in [0.05, 0.1) is 4.90 Å². The molecule has 1 aliphatic heterocycles. The molecule has 138 valence electrons. The van der Waals surface area contributed by atoms with Gasteiger partial charge in [0.2, 0.25) is 10.0 Å². The Morgan fingerprint density at radius 1 is 1.08 bits per heavy atom. The van der Waals surface area contributed by atoms with Gasteiger partial charge in [-0.25, -0.2) is 8.42 Å². The van der Waals surface area contributed by atoms with Crippen LogP contribution in [0.4, 0.5) is 0 Å². The molecule has 2 aromatic carbocycles. The summed E-state index contributed by atoms with van der Waals surface area (Å²) in [7, 11) is -0.262. The van der Waals surface area contributed by atoms with Gasteiger partial charge in [-0.15, -0.1) is 0 Å². The summed E-state index contributed by atoms with van der Waals surface area (Å²) in [6, 6.07) is 14.1. The van der Waals surface area contributed by atoms with E-state index in [-0.39, 0.29) is 17.4 Å². The largest absolute Gasteiger partial charge is 0.484 e. The van der Waals surface area contributed by atoms with Gasteiger partial charge in [-0.1, -0.05) is 24.3 Å². The molecule has 0 saturated carbocycles. The number of rotatable bonds is 5. The van der Waals surface area contributed by atoms with Crippen LogP contribution in [0, 0.1) is 0 Å². The average Bonchev–Trinajstić information content (AvgIpc) is 2.65. The number of fused-ring (bicyclic) bond motifs is 1. The lowest BCUT2D eigenvalue weighted by atomic mass is 10.0. The normalized spacial score (nSPS) is 14.5. The van der Waals surface area contributed by atoms with Gasteiger partial charge in [0, 0.05) is 27.2 Å². The van der Waals surface area contributed by atoms with Crippen molar-refractivity contribution in [3.8, 4) is 5.75 Å². The highest BCUT2D eigenvalue weighted by Gasteiger charge is 2.28. The molecule has 2 aromatic rings. The highest BCUT2D eigenvalue weighted by molar-refractivity contribution is 7.89. The van der Waals surface area contributed by atoms with E-state index in [1.54, 1.807) is 26.2 Å². The molecule has 0 aliphatic carbocycles. The number of amides is 1. The number of carbonyl (C=O) groups excluding carboxylic acids is 1. The van der Waals surface area contributed by atoms with Crippen molar-refractivity contribution in [2.45, 2.75) is 17.9 Å². The van der Waals surface area contributed by atoms with Gasteiger partial charge in [0.1, 0.15) is 5.75 Å². The molecule has 0 bridgehead atoms. The Morgan fingerprint density at radius 2 is 1.73 bits per heavy atom. The van der Waals surface area contributed by atoms with Crippen LogP contribution in [0.15, 0.2) is 53.4 Å². The topological polar surface area (TPSA) is 66.9 Å². The van der Waals surface area contributed by atoms with Crippen LogP contribution < -0.4 is 4.74 Å². The summed E-state index contributed by atoms with van der Waals surface area (Å²) in [4.78, 5) is 13.2. The molecule has 0 aromatic heterocycles. The van der Waals surface area contributed by atoms with E-state index in [0.717, 1.165) is 5.56 Å². The molecule has 1 amide bonds. The first-order valence-electron chi connectivity index (χ1n) is 8.38. The Bertz CT molecular complexity index is 892. The quantitative estimate of drug-likeness (QED) is 0.802. The molecule has 0 saturated heterocycles. The summed E-state index contributed by atoms with van der Waals surface area (Å²) < 4.78 is 32.7. The predicted octanol–water partition coefficient (Wildman–Crippen LogP) is 1.90. The van der Waals surface area contributed by atoms with Crippen molar-refractivity contribution in [1.29, 1.82) is 0 Å². The van der Waals surface area contributed by atoms with Gasteiger partial charge in [-0.05, 0) is 41.8 Å². The van der Waals surface area contributed by atoms with E-state index in [9.17, 15) is 13.2 Å². The number of sulfonamides is 1. The van der Waals surface area contributed by atoms with Crippen molar-refractivity contribution < 1.29 is 17.9 Å². The Morgan fingerprint density at radius 3 is 2.38 bits per heavy atom. The SMILES string of the molecule is CN(C)C(=O)COc1ccc(S(=O)(=O)N2CCc3ccccc3C2)cc1. The van der Waals surface area contributed by atoms with Crippen molar-refractivity contribution in [3.63, 3.8) is 0 Å². The third-order valence-electron chi connectivity index (χ3n) is 4.42. The maximum absolute atomic E-state index is 12.9. The van der Waals surface area contributed by atoms with Crippen LogP contribution in [0.2, 0.25) is 0 Å². The van der Waals surface area contributed by atoms with Crippen LogP contribution in [0.3, 0.4) is 0 Å². The Balaban J connectivity index is 1.71. The molecule has 0 fully saturated rings. The minimum Gasteiger partial charge on any atom is -0.484 e. The van der Waals surface area contributed by atoms with Crippen molar-refractivity contribution in [2.24, 2.45) is 0 Å². The zero-order chi connectivity index (χ0) is 18.7. The number of hydrogen-bond acceptors (Lipinski definition) is 4. The lowest BCUT2D eigenvalue weighted by Crippen LogP contribution is -2.35. The highest BCUT2D eigenvalue weighted by Crippen LogP contribution is 2.26. The van der Waals surface area contributed by atoms with Gasteiger partial charge >= 0.3 is 0 Å². The van der Waals surface area contributed by atoms with Crippen LogP contribution in [-0.2, 0) is 27.8 Å². The van der Waals surface area contributed by atoms with Crippen molar-refractivity contribution in [1.82, 2.24) is 9.21 Å². The molecule has 6 nitrogen and oxygen atoms in total. The number of ether oxygens (including phenoxy) is 1. The van der Waals surface area contributed by atoms with Gasteiger partial charge < -0.3 is 9.64 Å². The third-order valence-corrected chi connectivity index (χ3v) is 6.28. The van der Waals surface area contributed by atoms with Gasteiger partial charge in [-0.2, -0.15) is 4.31 Å². The van der Waals surface area contributed by atoms with Gasteiger partial charge in [0.25, 0.3) is 5.91 Å². The fraction of sp³-hybridized carbons (Fsp3) is 0.316. The number of likely N-dealkylation sites (N-methyl/N-ethyl adjacent to an activating group) is 1. The molecule has 0 atom stereocenters. The fourth-order valence-corrected chi connectivity index (χ4v) is 4.22. The van der Waals surface area contributed by atoms with Crippen molar-refractivity contribution >= 4 is 15.9 Å². The minimum atomic E-state index is -3.56. The average molecular weight is 374 g/mol. The molecule has 3 rings (SSSR count). The minimum absolute atomic E-state index is 0.0813. The molecule has 0 radical (unpaired) electrons. The standard InChI is InChI=1S/C19H22N2O4S/c1-20(2)19(22)14-25-17-7-9-18(10-8-17)26(23,24)21-12-11-15-5-3-4-6-16(15)13-21/h3-10H,11-14H2,1-2H3. The van der Waals surface area contributed by atoms with E-state index < -0.39 is 10.0 Å². The Hall–Kier alpha value is -2.38. The lowest BCUT2D eigenvalue weighted by molar-refractivity contribution is -0.130. The molecule has 1 aliphatic rings. The summed E-state index contributed by atoms with van der Waals surface area (Å²) in [5.74, 6) is 0.303. The van der Waals surface area contributed by atoms with Crippen molar-refractivity contribution in [2.75, 3.05) is 27.2 Å². The first-order chi connectivity index (χ1) is 12.4. The predicted molar refractivity (Wildman–Crippen MR) is 98.4 cm³/mol. The van der Waals surface area contributed by atoms with Gasteiger partial charge in [0.15, 0.2) is 6.61 Å². The number of nitrogens with zero attached hydrogens (tertiary/aromatic N) is 2. The number of benzene rings is 2. The maximum Gasteiger partial charge on any atom is 0.259 e. The Labute approximate surface area is 154 Å². The molecular weight excluding hydrogens is 352 g/mol. The van der Waals surface area contributed by atoms with E-state index in [1.165, 1.54) is 26.9 Å². The monoisotopic (exact) mass is 374 g/mol. The molecule has 0 unspecified atom stereocenters. The summed E-state index contributed by atoms with van der Waals surface area (Å²) >= 11 is 0. The van der Waals surface area contributed by atoms with Crippen LogP contribution in [0.1, 0.15) is 11.1 Å². The van der Waals surface area contributed by atoms with E-state index in [1.807, 2.05) is 24.3 Å². The van der Waals surface area contributed by atoms with E-state index in [0.29, 0.717) is 25.3 Å². The second-order valence-corrected chi connectivity index (χ2v) is 8.34. The highest BCUT2D eigenvalue weighted by atomic mass is 32.2. The first kappa shape index (κ1) is 18.4. The molecule has 0 spiro atoms. The van der Waals surface area contributed by atoms with E-state index in [2.05, 4.69) is 0 Å². The Kier molecular flexibility index (Phi) is 5.29. The second kappa shape index (κ2) is 7.47. The fourth-order valence-electron chi connectivity index (χ4n) is 2.81. The number of hydrogen-bond donors (Lipinski definition) is 0. The van der Waals surface area contributed by atoms with Crippen LogP contribution in [0.25, 0.3) is 0 Å². The van der Waals surface area contributed by atoms with Crippen LogP contribution in [0.5, 0.6) is 5.75 Å². The zero-order valence-corrected chi connectivity index (χ0v) is 15.7. The first-order valence-corrected chi connectivity index (χ1v) is 9.82. The number of carbonyl (C=O) groups is 1. The summed E-state index contributed by atoms with van der Waals surface area (Å²) in [5.41, 5.74) is 2.25. The zero-order valence-electron chi connectivity index (χ0n) is 14.9. The maximum atomic E-state index is 12.9. The smallest absolute Gasteiger partial charge is 0.259 e. The molecule has 26 heavy (non-hydrogen) atoms. The van der Waals surface area contributed by atoms with Crippen molar-refractivity contribution in [3.05, 3.63) is 59.7 Å². The van der Waals surface area contributed by atoms with Gasteiger partial charge in [-0.3, -0.25) is 4.79 Å². The molecule has 7 heteroatoms. The summed E-state index contributed by atoms with van der Waals surface area (Å²) in [6.45, 7) is 0.769. The van der Waals surface area contributed by atoms with E-state index in [4.69, 9.17) is 4.74 Å². The summed E-state index contributed by atoms with van der Waals surface area (Å²) in [6.07, 6.45) is 0.712. The third kappa shape index (κ3) is 3.89. The molecular formula is C19H22N2O4S. The molecule has 0 N–H and O–H groups in total. The molecule has 1 heterocycles. The summed E-state index contributed by atoms with van der Waals surface area (Å²) in [5, 5.41) is 0. The second-order valence-electron chi connectivity index (χ2n) is 6.41. The van der Waals surface area contributed by atoms with E-state index >= 15 is 0 Å². The van der Waals surface area contributed by atoms with Crippen LogP contribution >= 0.6 is 0 Å². The lowest BCUT2D eigenvalue weighted by Gasteiger charge is -2.28.